The number of fused-ring (bicyclic) bond motifs is 4. The Hall–Kier alpha value is -7.01. The van der Waals surface area contributed by atoms with E-state index in [0.29, 0.717) is 30.5 Å². The number of nitrogens with zero attached hydrogens (tertiary/aromatic N) is 8. The van der Waals surface area contributed by atoms with E-state index in [2.05, 4.69) is 81.0 Å². The number of alkyl halides is 1. The van der Waals surface area contributed by atoms with Gasteiger partial charge in [-0.3, -0.25) is 41.6 Å². The van der Waals surface area contributed by atoms with Crippen LogP contribution in [0.3, 0.4) is 0 Å². The van der Waals surface area contributed by atoms with E-state index in [-0.39, 0.29) is 84.6 Å². The summed E-state index contributed by atoms with van der Waals surface area (Å²) >= 11 is 8.39. The Morgan fingerprint density at radius 1 is 0.793 bits per heavy atom. The quantitative estimate of drug-likeness (QED) is 0.0256. The van der Waals surface area contributed by atoms with E-state index in [1.807, 2.05) is 0 Å². The van der Waals surface area contributed by atoms with Gasteiger partial charge in [-0.05, 0) is 55.7 Å². The van der Waals surface area contributed by atoms with Gasteiger partial charge < -0.3 is 67.5 Å². The number of imidazole rings is 2. The second kappa shape index (κ2) is 28.0. The van der Waals surface area contributed by atoms with Crippen molar-refractivity contribution in [2.75, 3.05) is 36.5 Å². The fourth-order valence-electron chi connectivity index (χ4n) is 10.1. The van der Waals surface area contributed by atoms with Crippen molar-refractivity contribution in [1.82, 2.24) is 60.3 Å². The monoisotopic (exact) mass is 1290 g/mol. The van der Waals surface area contributed by atoms with Crippen LogP contribution in [0.25, 0.3) is 22.3 Å². The minimum atomic E-state index is -4.66. The van der Waals surface area contributed by atoms with E-state index in [0.717, 1.165) is 12.7 Å². The van der Waals surface area contributed by atoms with Crippen LogP contribution in [0, 0.1) is 5.92 Å². The number of alkyl carbamates (subject to hydrolysis) is 1. The summed E-state index contributed by atoms with van der Waals surface area (Å²) in [5.74, 6) is -1.80. The van der Waals surface area contributed by atoms with Crippen molar-refractivity contribution in [3.63, 3.8) is 0 Å². The number of ether oxygens (including phenoxy) is 5. The maximum absolute atomic E-state index is 16.5. The van der Waals surface area contributed by atoms with Crippen molar-refractivity contribution in [2.24, 2.45) is 11.7 Å². The number of primary amides is 1. The number of nitrogens with one attached hydrogen (secondary N) is 5. The molecule has 4 aromatic heterocycles. The Kier molecular flexibility index (Phi) is 20.7. The number of hydrogen-bond acceptors (Lipinski definition) is 25. The molecule has 0 radical (unpaired) electrons. The standard InChI is InChI=1S/C49H65FN16O17P2S2/c1-4-31(67)64-33(23(2)3)44(69)62-27(9-7-15-54-47(53)70)43(68)61-25-13-11-24(12-14-25)16-75-48(71)63-26-8-5-6-10-28(26)80-49(72)81-38-37-30(79-46(38)66-22-60-35-40(52)56-20-58-42(35)66)18-77-84(73,86)82-36-29(17-76-85(74,87)83-37)78-45(32(36)50)65-21-59-34-39(51)55-19-57-41(34)65/h11-14,19-23,26-30,32-33,36-38,45-46H,4-10,15-18H2,1-3H3,(H,61,68)(H,62,69)(H,63,71)(H,64,67)(H,73,86)(H,74,87)(H2,51,55,57)(H2,52,56,58)(H3,53,54,70)/t26-,27+,28-,29?,30-,32-,33+,36-,37-,38-,45-,46-,84-,85-/m1/s1. The summed E-state index contributed by atoms with van der Waals surface area (Å²) in [5.41, 5.74) is 18.5. The maximum Gasteiger partial charge on any atom is 0.509 e. The molecule has 472 valence electrons. The maximum atomic E-state index is 16.5. The summed E-state index contributed by atoms with van der Waals surface area (Å²) in [6, 6.07) is 2.78. The lowest BCUT2D eigenvalue weighted by Gasteiger charge is -2.32. The molecule has 1 saturated carbocycles. The molecule has 3 aliphatic heterocycles. The normalized spacial score (nSPS) is 28.2. The van der Waals surface area contributed by atoms with Gasteiger partial charge in [-0.1, -0.05) is 63.8 Å². The predicted molar refractivity (Wildman–Crippen MR) is 309 cm³/mol. The molecule has 7 heterocycles. The van der Waals surface area contributed by atoms with Crippen molar-refractivity contribution in [1.29, 1.82) is 0 Å². The molecule has 3 saturated heterocycles. The third kappa shape index (κ3) is 15.8. The van der Waals surface area contributed by atoms with Crippen LogP contribution in [0.5, 0.6) is 0 Å². The van der Waals surface area contributed by atoms with Crippen molar-refractivity contribution in [2.45, 2.75) is 146 Å². The summed E-state index contributed by atoms with van der Waals surface area (Å²) in [6.45, 7) is -5.71. The highest BCUT2D eigenvalue weighted by Crippen LogP contribution is 2.61. The number of aromatic nitrogens is 8. The van der Waals surface area contributed by atoms with Gasteiger partial charge in [0.25, 0.3) is 0 Å². The Morgan fingerprint density at radius 3 is 2.01 bits per heavy atom. The fraction of sp³-hybridized carbons (Fsp3) is 0.551. The lowest BCUT2D eigenvalue weighted by atomic mass is 9.92. The van der Waals surface area contributed by atoms with Crippen LogP contribution in [0.4, 0.5) is 36.1 Å². The first-order valence-corrected chi connectivity index (χ1v) is 32.8. The van der Waals surface area contributed by atoms with Crippen molar-refractivity contribution >= 4 is 114 Å². The lowest BCUT2D eigenvalue weighted by Crippen LogP contribution is -2.54. The zero-order chi connectivity index (χ0) is 62.3. The molecule has 38 heteroatoms. The Balaban J connectivity index is 0.851. The summed E-state index contributed by atoms with van der Waals surface area (Å²) < 4.78 is 100. The van der Waals surface area contributed by atoms with Crippen LogP contribution < -0.4 is 43.8 Å². The number of urea groups is 1. The first-order chi connectivity index (χ1) is 41.5. The number of anilines is 3. The second-order valence-corrected chi connectivity index (χ2v) is 26.6. The van der Waals surface area contributed by atoms with Gasteiger partial charge in [0.1, 0.15) is 72.9 Å². The van der Waals surface area contributed by atoms with E-state index in [1.165, 1.54) is 21.8 Å². The molecule has 9 rings (SSSR count). The number of benzene rings is 1. The lowest BCUT2D eigenvalue weighted by molar-refractivity contribution is -0.132. The molecular formula is C49H65FN16O17P2S2. The Morgan fingerprint density at radius 2 is 1.39 bits per heavy atom. The van der Waals surface area contributed by atoms with Crippen LogP contribution in [0.15, 0.2) is 49.6 Å². The van der Waals surface area contributed by atoms with E-state index in [9.17, 15) is 37.9 Å². The van der Waals surface area contributed by atoms with Gasteiger partial charge in [0, 0.05) is 18.7 Å². The Labute approximate surface area is 505 Å². The molecule has 6 amide bonds. The number of hydrogen-bond donors (Lipinski definition) is 10. The third-order valence-corrected chi connectivity index (χ3v) is 17.7. The fourth-order valence-corrected chi connectivity index (χ4v) is 13.1. The van der Waals surface area contributed by atoms with Crippen LogP contribution in [-0.2, 0) is 71.9 Å². The van der Waals surface area contributed by atoms with Crippen molar-refractivity contribution in [3.05, 3.63) is 55.1 Å². The molecule has 0 bridgehead atoms. The van der Waals surface area contributed by atoms with Crippen LogP contribution in [0.2, 0.25) is 0 Å². The molecule has 11 N–H and O–H groups in total. The molecule has 0 spiro atoms. The van der Waals surface area contributed by atoms with E-state index in [4.69, 9.17) is 59.0 Å². The van der Waals surface area contributed by atoms with Gasteiger partial charge in [-0.2, -0.15) is 0 Å². The number of carbonyl (C=O) groups excluding carboxylic acids is 6. The average Bonchev–Trinajstić information content (AvgIpc) is 1.90. The molecule has 87 heavy (non-hydrogen) atoms. The molecule has 4 fully saturated rings. The van der Waals surface area contributed by atoms with Crippen LogP contribution in [-0.4, -0.2) is 156 Å². The van der Waals surface area contributed by atoms with Crippen molar-refractivity contribution in [3.8, 4) is 0 Å². The molecule has 1 aromatic carbocycles. The molecular weight excluding hydrogens is 1230 g/mol. The van der Waals surface area contributed by atoms with Crippen LogP contribution in [0.1, 0.15) is 83.7 Å². The van der Waals surface area contributed by atoms with Gasteiger partial charge in [-0.25, -0.2) is 57.8 Å². The number of nitrogen functional groups attached to an aromatic ring is 2. The van der Waals surface area contributed by atoms with Gasteiger partial charge in [0.2, 0.25) is 17.7 Å². The van der Waals surface area contributed by atoms with E-state index < -0.39 is 130 Å². The van der Waals surface area contributed by atoms with E-state index in [1.54, 1.807) is 45.0 Å². The highest BCUT2D eigenvalue weighted by atomic mass is 32.7. The number of thiol groups is 2. The first-order valence-electron chi connectivity index (χ1n) is 27.4. The number of nitrogens with two attached hydrogens (primary N) is 3. The van der Waals surface area contributed by atoms with Gasteiger partial charge >= 0.3 is 31.9 Å². The second-order valence-electron chi connectivity index (χ2n) is 20.8. The zero-order valence-electron chi connectivity index (χ0n) is 46.8. The zero-order valence-corrected chi connectivity index (χ0v) is 50.4. The first kappa shape index (κ1) is 64.5. The number of rotatable bonds is 18. The average molecular weight is 1300 g/mol. The molecule has 1 aliphatic carbocycles. The minimum absolute atomic E-state index is 0.00407. The summed E-state index contributed by atoms with van der Waals surface area (Å²) in [6.07, 6.45) is -9.24. The topological polar surface area (TPSA) is 445 Å². The minimum Gasteiger partial charge on any atom is -0.445 e. The predicted octanol–water partition coefficient (Wildman–Crippen LogP) is 4.04. The summed E-state index contributed by atoms with van der Waals surface area (Å²) in [7, 11) is 0. The smallest absolute Gasteiger partial charge is 0.445 e. The number of amides is 6. The third-order valence-electron chi connectivity index (χ3n) is 14.5. The van der Waals surface area contributed by atoms with Crippen LogP contribution >= 0.6 is 38.1 Å². The summed E-state index contributed by atoms with van der Waals surface area (Å²) in [4.78, 5) is 103. The van der Waals surface area contributed by atoms with Gasteiger partial charge in [-0.15, -0.1) is 0 Å². The largest absolute Gasteiger partial charge is 0.509 e. The van der Waals surface area contributed by atoms with Gasteiger partial charge in [0.15, 0.2) is 47.7 Å². The SMILES string of the molecule is CCC(=O)N[C@H](C(=O)N[C@@H](CCCNC(N)=O)C(=O)Nc1ccc(COC(=O)N[C@@H]2CCCC[C@H]2OC(=O)O[C@@H]2[C@@H]3O[P@](=O)(S)OCC4O[C@@H](n5cnc6c(N)ncnc65)[C@H](F)[C@@H]4O[P@](=O)(S)OC[C@H]3O[C@H]2n2cnc3c(N)ncnc32)cc1)C(C)C. The molecule has 5 aromatic rings. The van der Waals surface area contributed by atoms with Crippen molar-refractivity contribution < 1.29 is 84.1 Å². The Bertz CT molecular complexity index is 3430. The molecule has 4 aliphatic rings. The highest BCUT2D eigenvalue weighted by Gasteiger charge is 2.56. The number of carbonyl (C=O) groups is 6. The number of halogens is 1. The molecule has 33 nitrogen and oxygen atoms in total. The summed E-state index contributed by atoms with van der Waals surface area (Å²) in [5, 5.41) is 13.4. The van der Waals surface area contributed by atoms with Gasteiger partial charge in [0.05, 0.1) is 31.9 Å². The molecule has 14 atom stereocenters. The van der Waals surface area contributed by atoms with E-state index >= 15 is 4.39 Å². The molecule has 1 unspecified atom stereocenters. The highest BCUT2D eigenvalue weighted by molar-refractivity contribution is 8.44.